The Balaban J connectivity index is 2.22. The van der Waals surface area contributed by atoms with Gasteiger partial charge in [0.1, 0.15) is 12.4 Å². The lowest BCUT2D eigenvalue weighted by Gasteiger charge is -2.40. The molecule has 1 aromatic rings. The number of carbonyl (C=O) groups is 2. The Morgan fingerprint density at radius 2 is 2.15 bits per heavy atom. The number of hydrogen-bond acceptors (Lipinski definition) is 4. The molecule has 3 rings (SSSR count). The number of hydrogen-bond donors (Lipinski definition) is 1. The molecule has 1 aromatic heterocycles. The van der Waals surface area contributed by atoms with Gasteiger partial charge in [-0.15, -0.1) is 0 Å². The number of anilines is 1. The van der Waals surface area contributed by atoms with Crippen molar-refractivity contribution < 1.29 is 31.9 Å². The van der Waals surface area contributed by atoms with Gasteiger partial charge in [0.15, 0.2) is 17.2 Å². The van der Waals surface area contributed by atoms with Crippen molar-refractivity contribution in [3.05, 3.63) is 23.4 Å². The van der Waals surface area contributed by atoms with Crippen LogP contribution in [-0.4, -0.2) is 35.9 Å². The SMILES string of the molecule is CCOC1(C2CCCC(F)(F)C2)C(=O)N(CC(N)=O)c2ncc(F)c(F)c21. The van der Waals surface area contributed by atoms with Gasteiger partial charge in [0.25, 0.3) is 5.91 Å². The molecule has 2 amide bonds. The zero-order valence-electron chi connectivity index (χ0n) is 14.6. The van der Waals surface area contributed by atoms with E-state index in [1.165, 1.54) is 6.92 Å². The minimum Gasteiger partial charge on any atom is -0.368 e. The molecule has 1 saturated carbocycles. The van der Waals surface area contributed by atoms with Gasteiger partial charge in [0.2, 0.25) is 11.8 Å². The van der Waals surface area contributed by atoms with Gasteiger partial charge in [-0.3, -0.25) is 14.5 Å². The Bertz CT molecular complexity index is 789. The quantitative estimate of drug-likeness (QED) is 0.783. The van der Waals surface area contributed by atoms with Crippen LogP contribution >= 0.6 is 0 Å². The van der Waals surface area contributed by atoms with Crippen molar-refractivity contribution >= 4 is 17.6 Å². The normalized spacial score (nSPS) is 26.9. The summed E-state index contributed by atoms with van der Waals surface area (Å²) in [4.78, 5) is 29.1. The second-order valence-corrected chi connectivity index (χ2v) is 6.79. The van der Waals surface area contributed by atoms with E-state index in [-0.39, 0.29) is 31.7 Å². The standard InChI is InChI=1S/C17H19F4N3O3/c1-2-27-17(9-4-3-5-16(20,21)6-9)12-13(19)10(18)7-23-14(12)24(15(17)26)8-11(22)25/h7,9H,2-6,8H2,1H3,(H2,22,25). The van der Waals surface area contributed by atoms with Gasteiger partial charge in [0, 0.05) is 25.4 Å². The molecule has 2 aliphatic rings. The first-order valence-electron chi connectivity index (χ1n) is 8.60. The van der Waals surface area contributed by atoms with E-state index in [1.807, 2.05) is 0 Å². The number of fused-ring (bicyclic) bond motifs is 1. The van der Waals surface area contributed by atoms with Crippen LogP contribution in [0.4, 0.5) is 23.4 Å². The van der Waals surface area contributed by atoms with Crippen molar-refractivity contribution in [3.8, 4) is 0 Å². The molecule has 0 saturated heterocycles. The van der Waals surface area contributed by atoms with Crippen LogP contribution in [0.5, 0.6) is 0 Å². The van der Waals surface area contributed by atoms with Crippen molar-refractivity contribution in [2.75, 3.05) is 18.1 Å². The summed E-state index contributed by atoms with van der Waals surface area (Å²) >= 11 is 0. The predicted octanol–water partition coefficient (Wildman–Crippen LogP) is 2.25. The number of alkyl halides is 2. The molecule has 2 heterocycles. The Morgan fingerprint density at radius 1 is 1.44 bits per heavy atom. The maximum Gasteiger partial charge on any atom is 0.266 e. The Labute approximate surface area is 152 Å². The highest BCUT2D eigenvalue weighted by atomic mass is 19.3. The van der Waals surface area contributed by atoms with Crippen LogP contribution in [0.15, 0.2) is 6.20 Å². The second kappa shape index (κ2) is 6.74. The molecule has 2 atom stereocenters. The zero-order chi connectivity index (χ0) is 20.0. The van der Waals surface area contributed by atoms with E-state index in [9.17, 15) is 27.2 Å². The summed E-state index contributed by atoms with van der Waals surface area (Å²) in [5.41, 5.74) is 2.43. The predicted molar refractivity (Wildman–Crippen MR) is 85.9 cm³/mol. The Hall–Kier alpha value is -2.23. The largest absolute Gasteiger partial charge is 0.368 e. The summed E-state index contributed by atoms with van der Waals surface area (Å²) in [7, 11) is 0. The lowest BCUT2D eigenvalue weighted by Crippen LogP contribution is -2.52. The highest BCUT2D eigenvalue weighted by Gasteiger charge is 2.61. The maximum atomic E-state index is 14.8. The molecule has 148 valence electrons. The molecule has 27 heavy (non-hydrogen) atoms. The number of pyridine rings is 1. The lowest BCUT2D eigenvalue weighted by atomic mass is 9.72. The molecule has 1 aliphatic carbocycles. The van der Waals surface area contributed by atoms with Crippen LogP contribution in [-0.2, 0) is 19.9 Å². The summed E-state index contributed by atoms with van der Waals surface area (Å²) in [6, 6.07) is 0. The average molecular weight is 389 g/mol. The second-order valence-electron chi connectivity index (χ2n) is 6.79. The molecule has 6 nitrogen and oxygen atoms in total. The zero-order valence-corrected chi connectivity index (χ0v) is 14.6. The van der Waals surface area contributed by atoms with Crippen LogP contribution in [0.2, 0.25) is 0 Å². The van der Waals surface area contributed by atoms with Crippen LogP contribution in [0.1, 0.15) is 38.2 Å². The molecule has 0 radical (unpaired) electrons. The average Bonchev–Trinajstić information content (AvgIpc) is 2.81. The number of ether oxygens (including phenoxy) is 1. The van der Waals surface area contributed by atoms with Gasteiger partial charge in [0.05, 0.1) is 11.8 Å². The van der Waals surface area contributed by atoms with Gasteiger partial charge >= 0.3 is 0 Å². The molecule has 1 fully saturated rings. The molecule has 2 unspecified atom stereocenters. The fourth-order valence-electron chi connectivity index (χ4n) is 4.07. The number of primary amides is 1. The summed E-state index contributed by atoms with van der Waals surface area (Å²) < 4.78 is 62.4. The van der Waals surface area contributed by atoms with Crippen LogP contribution in [0.3, 0.4) is 0 Å². The third-order valence-electron chi connectivity index (χ3n) is 5.04. The molecule has 10 heteroatoms. The van der Waals surface area contributed by atoms with Gasteiger partial charge in [-0.2, -0.15) is 0 Å². The highest BCUT2D eigenvalue weighted by Crippen LogP contribution is 2.53. The molecule has 0 bridgehead atoms. The van der Waals surface area contributed by atoms with E-state index in [2.05, 4.69) is 4.98 Å². The van der Waals surface area contributed by atoms with Crippen molar-refractivity contribution in [3.63, 3.8) is 0 Å². The third-order valence-corrected chi connectivity index (χ3v) is 5.04. The Morgan fingerprint density at radius 3 is 2.74 bits per heavy atom. The van der Waals surface area contributed by atoms with Gasteiger partial charge in [-0.05, 0) is 19.8 Å². The summed E-state index contributed by atoms with van der Waals surface area (Å²) in [5, 5.41) is 0. The number of carbonyl (C=O) groups excluding carboxylic acids is 2. The number of nitrogens with zero attached hydrogens (tertiary/aromatic N) is 2. The van der Waals surface area contributed by atoms with Gasteiger partial charge in [-0.25, -0.2) is 22.5 Å². The van der Waals surface area contributed by atoms with Crippen LogP contribution in [0, 0.1) is 17.6 Å². The molecule has 1 aliphatic heterocycles. The summed E-state index contributed by atoms with van der Waals surface area (Å²) in [6.07, 6.45) is -0.274. The van der Waals surface area contributed by atoms with E-state index >= 15 is 0 Å². The number of nitrogens with two attached hydrogens (primary N) is 1. The first kappa shape index (κ1) is 19.5. The minimum absolute atomic E-state index is 0.0925. The van der Waals surface area contributed by atoms with Crippen molar-refractivity contribution in [2.24, 2.45) is 11.7 Å². The highest BCUT2D eigenvalue weighted by molar-refractivity contribution is 6.09. The fraction of sp³-hybridized carbons (Fsp3) is 0.588. The lowest BCUT2D eigenvalue weighted by molar-refractivity contribution is -0.166. The molecular weight excluding hydrogens is 370 g/mol. The van der Waals surface area contributed by atoms with Crippen molar-refractivity contribution in [2.45, 2.75) is 44.1 Å². The molecule has 0 aromatic carbocycles. The summed E-state index contributed by atoms with van der Waals surface area (Å²) in [6.45, 7) is 0.743. The van der Waals surface area contributed by atoms with E-state index in [1.54, 1.807) is 0 Å². The van der Waals surface area contributed by atoms with Gasteiger partial charge in [-0.1, -0.05) is 0 Å². The van der Waals surface area contributed by atoms with Crippen molar-refractivity contribution in [1.29, 1.82) is 0 Å². The molecular formula is C17H19F4N3O3. The van der Waals surface area contributed by atoms with Crippen LogP contribution < -0.4 is 10.6 Å². The topological polar surface area (TPSA) is 85.5 Å². The smallest absolute Gasteiger partial charge is 0.266 e. The minimum atomic E-state index is -3.07. The van der Waals surface area contributed by atoms with E-state index in [4.69, 9.17) is 10.5 Å². The number of rotatable bonds is 5. The number of halogens is 4. The third kappa shape index (κ3) is 3.05. The molecule has 2 N–H and O–H groups in total. The van der Waals surface area contributed by atoms with E-state index < -0.39 is 59.4 Å². The van der Waals surface area contributed by atoms with Gasteiger partial charge < -0.3 is 10.5 Å². The first-order chi connectivity index (χ1) is 12.6. The molecule has 0 spiro atoms. The maximum absolute atomic E-state index is 14.8. The summed E-state index contributed by atoms with van der Waals surface area (Å²) in [5.74, 6) is -9.10. The number of amides is 2. The monoisotopic (exact) mass is 389 g/mol. The van der Waals surface area contributed by atoms with E-state index in [0.717, 1.165) is 4.90 Å². The number of aromatic nitrogens is 1. The van der Waals surface area contributed by atoms with E-state index in [0.29, 0.717) is 6.20 Å². The fourth-order valence-corrected chi connectivity index (χ4v) is 4.07. The van der Waals surface area contributed by atoms with Crippen molar-refractivity contribution in [1.82, 2.24) is 4.98 Å². The Kier molecular flexibility index (Phi) is 4.87. The first-order valence-corrected chi connectivity index (χ1v) is 8.60. The van der Waals surface area contributed by atoms with Crippen LogP contribution in [0.25, 0.3) is 0 Å².